The number of ether oxygens (including phenoxy) is 2. The monoisotopic (exact) mass is 509 g/mol. The number of fused-ring (bicyclic) bond motifs is 1. The molecular weight excluding hydrogens is 478 g/mol. The quantitative estimate of drug-likeness (QED) is 0.427. The molecule has 1 atom stereocenters. The van der Waals surface area contributed by atoms with Crippen LogP contribution in [0.25, 0.3) is 16.6 Å². The number of aromatic nitrogens is 2. The Morgan fingerprint density at radius 2 is 2.00 bits per heavy atom. The number of benzene rings is 1. The second kappa shape index (κ2) is 10.8. The molecule has 4 heterocycles. The van der Waals surface area contributed by atoms with Gasteiger partial charge >= 0.3 is 0 Å². The number of allylic oxidation sites excluding steroid dienone is 1. The molecular formula is C27H32ClN5O3. The predicted octanol–water partition coefficient (Wildman–Crippen LogP) is 5.13. The zero-order valence-corrected chi connectivity index (χ0v) is 21.5. The van der Waals surface area contributed by atoms with Crippen LogP contribution in [0.2, 0.25) is 5.02 Å². The van der Waals surface area contributed by atoms with Crippen molar-refractivity contribution in [3.05, 3.63) is 47.3 Å². The molecule has 1 aromatic carbocycles. The Bertz CT molecular complexity index is 1280. The highest BCUT2D eigenvalue weighted by molar-refractivity contribution is 6.32. The SMILES string of the molecule is COc1cc(Nc2ccnc3[nH]c(C4=CCN(C(=O)[C@H]5CCCCN5)CCC4)cc23)c(OC)cc1Cl. The van der Waals surface area contributed by atoms with Crippen molar-refractivity contribution in [3.8, 4) is 11.5 Å². The van der Waals surface area contributed by atoms with E-state index in [1.165, 1.54) is 5.57 Å². The standard InChI is InChI=1S/C27H32ClN5O3/c1-35-24-16-23(25(36-2)15-19(24)28)31-20-8-11-30-26-18(20)14-22(32-26)17-6-5-12-33(13-9-17)27(34)21-7-3-4-10-29-21/h8-9,11,14-16,21,29H,3-7,10,12-13H2,1-2H3,(H2,30,31,32)/t21-/m1/s1. The molecule has 0 radical (unpaired) electrons. The van der Waals surface area contributed by atoms with E-state index >= 15 is 0 Å². The molecule has 1 fully saturated rings. The molecule has 5 rings (SSSR count). The summed E-state index contributed by atoms with van der Waals surface area (Å²) < 4.78 is 10.9. The van der Waals surface area contributed by atoms with Crippen LogP contribution in [0, 0.1) is 0 Å². The average Bonchev–Trinajstić information content (AvgIpc) is 3.20. The lowest BCUT2D eigenvalue weighted by Crippen LogP contribution is -2.48. The van der Waals surface area contributed by atoms with Gasteiger partial charge in [-0.05, 0) is 49.9 Å². The molecule has 1 amide bonds. The van der Waals surface area contributed by atoms with Gasteiger partial charge in [-0.3, -0.25) is 4.79 Å². The maximum atomic E-state index is 13.0. The smallest absolute Gasteiger partial charge is 0.239 e. The summed E-state index contributed by atoms with van der Waals surface area (Å²) in [5, 5.41) is 8.28. The second-order valence-electron chi connectivity index (χ2n) is 9.24. The van der Waals surface area contributed by atoms with Crippen molar-refractivity contribution in [1.29, 1.82) is 0 Å². The Labute approximate surface area is 216 Å². The summed E-state index contributed by atoms with van der Waals surface area (Å²) in [6.45, 7) is 2.33. The van der Waals surface area contributed by atoms with Gasteiger partial charge in [-0.15, -0.1) is 0 Å². The number of piperidine rings is 1. The van der Waals surface area contributed by atoms with E-state index < -0.39 is 0 Å². The van der Waals surface area contributed by atoms with Gasteiger partial charge in [-0.2, -0.15) is 0 Å². The highest BCUT2D eigenvalue weighted by atomic mass is 35.5. The summed E-state index contributed by atoms with van der Waals surface area (Å²) in [6, 6.07) is 7.57. The normalized spacial score (nSPS) is 18.5. The van der Waals surface area contributed by atoms with E-state index in [4.69, 9.17) is 21.1 Å². The number of carbonyl (C=O) groups excluding carboxylic acids is 1. The van der Waals surface area contributed by atoms with Gasteiger partial charge in [0, 0.05) is 42.5 Å². The highest BCUT2D eigenvalue weighted by Gasteiger charge is 2.26. The molecule has 0 unspecified atom stereocenters. The van der Waals surface area contributed by atoms with Gasteiger partial charge in [0.2, 0.25) is 5.91 Å². The first-order chi connectivity index (χ1) is 17.6. The number of nitrogens with one attached hydrogen (secondary N) is 3. The van der Waals surface area contributed by atoms with Crippen molar-refractivity contribution < 1.29 is 14.3 Å². The minimum atomic E-state index is -0.0388. The summed E-state index contributed by atoms with van der Waals surface area (Å²) in [5.41, 5.74) is 4.65. The largest absolute Gasteiger partial charge is 0.495 e. The van der Waals surface area contributed by atoms with Crippen LogP contribution in [0.4, 0.5) is 11.4 Å². The lowest BCUT2D eigenvalue weighted by atomic mass is 10.0. The van der Waals surface area contributed by atoms with Gasteiger partial charge in [-0.1, -0.05) is 24.1 Å². The molecule has 2 aromatic heterocycles. The maximum absolute atomic E-state index is 13.0. The molecule has 2 aliphatic rings. The van der Waals surface area contributed by atoms with Crippen LogP contribution in [0.3, 0.4) is 0 Å². The fourth-order valence-corrected chi connectivity index (χ4v) is 5.24. The Balaban J connectivity index is 1.39. The number of aromatic amines is 1. The predicted molar refractivity (Wildman–Crippen MR) is 143 cm³/mol. The fourth-order valence-electron chi connectivity index (χ4n) is 5.01. The zero-order chi connectivity index (χ0) is 25.1. The number of methoxy groups -OCH3 is 2. The molecule has 0 spiro atoms. The van der Waals surface area contributed by atoms with Gasteiger partial charge in [0.15, 0.2) is 0 Å². The molecule has 0 bridgehead atoms. The zero-order valence-electron chi connectivity index (χ0n) is 20.7. The summed E-state index contributed by atoms with van der Waals surface area (Å²) in [7, 11) is 3.19. The van der Waals surface area contributed by atoms with Crippen LogP contribution in [0.1, 0.15) is 37.8 Å². The topological polar surface area (TPSA) is 91.5 Å². The summed E-state index contributed by atoms with van der Waals surface area (Å²) in [5.74, 6) is 1.40. The van der Waals surface area contributed by atoms with E-state index in [0.29, 0.717) is 23.1 Å². The molecule has 3 aromatic rings. The molecule has 0 aliphatic carbocycles. The van der Waals surface area contributed by atoms with Gasteiger partial charge in [0.1, 0.15) is 17.1 Å². The summed E-state index contributed by atoms with van der Waals surface area (Å²) in [6.07, 6.45) is 8.98. The molecule has 1 saturated heterocycles. The molecule has 9 heteroatoms. The minimum Gasteiger partial charge on any atom is -0.495 e. The summed E-state index contributed by atoms with van der Waals surface area (Å²) >= 11 is 6.27. The van der Waals surface area contributed by atoms with E-state index in [2.05, 4.69) is 32.7 Å². The van der Waals surface area contributed by atoms with Gasteiger partial charge in [0.25, 0.3) is 0 Å². The number of amides is 1. The number of halogens is 1. The molecule has 2 aliphatic heterocycles. The third-order valence-electron chi connectivity index (χ3n) is 6.97. The number of hydrogen-bond acceptors (Lipinski definition) is 6. The van der Waals surface area contributed by atoms with Gasteiger partial charge < -0.3 is 30.0 Å². The van der Waals surface area contributed by atoms with E-state index in [1.54, 1.807) is 26.5 Å². The Kier molecular flexibility index (Phi) is 7.34. The first-order valence-electron chi connectivity index (χ1n) is 12.4. The third-order valence-corrected chi connectivity index (χ3v) is 7.27. The first kappa shape index (κ1) is 24.5. The van der Waals surface area contributed by atoms with Crippen molar-refractivity contribution >= 4 is 45.5 Å². The lowest BCUT2D eigenvalue weighted by Gasteiger charge is -2.28. The molecule has 3 N–H and O–H groups in total. The van der Waals surface area contributed by atoms with Crippen LogP contribution in [-0.4, -0.2) is 60.7 Å². The third kappa shape index (κ3) is 5.01. The van der Waals surface area contributed by atoms with Crippen LogP contribution in [0.15, 0.2) is 36.5 Å². The van der Waals surface area contributed by atoms with Crippen molar-refractivity contribution in [2.24, 2.45) is 0 Å². The molecule has 36 heavy (non-hydrogen) atoms. The summed E-state index contributed by atoms with van der Waals surface area (Å²) in [4.78, 5) is 23.0. The number of rotatable bonds is 6. The number of anilines is 2. The van der Waals surface area contributed by atoms with Crippen molar-refractivity contribution in [2.45, 2.75) is 38.1 Å². The average molecular weight is 510 g/mol. The van der Waals surface area contributed by atoms with E-state index in [-0.39, 0.29) is 11.9 Å². The number of pyridine rings is 1. The first-order valence-corrected chi connectivity index (χ1v) is 12.8. The van der Waals surface area contributed by atoms with E-state index in [0.717, 1.165) is 73.3 Å². The molecule has 8 nitrogen and oxygen atoms in total. The maximum Gasteiger partial charge on any atom is 0.239 e. The molecule has 0 saturated carbocycles. The van der Waals surface area contributed by atoms with Crippen molar-refractivity contribution in [2.75, 3.05) is 39.2 Å². The van der Waals surface area contributed by atoms with Crippen LogP contribution >= 0.6 is 11.6 Å². The lowest BCUT2D eigenvalue weighted by molar-refractivity contribution is -0.133. The van der Waals surface area contributed by atoms with E-state index in [1.807, 2.05) is 17.0 Å². The van der Waals surface area contributed by atoms with Crippen molar-refractivity contribution in [3.63, 3.8) is 0 Å². The van der Waals surface area contributed by atoms with Crippen LogP contribution in [0.5, 0.6) is 11.5 Å². The molecule has 190 valence electrons. The Hall–Kier alpha value is -3.23. The number of H-pyrrole nitrogens is 1. The number of hydrogen-bond donors (Lipinski definition) is 3. The Morgan fingerprint density at radius 3 is 2.78 bits per heavy atom. The van der Waals surface area contributed by atoms with Gasteiger partial charge in [-0.25, -0.2) is 4.98 Å². The number of nitrogens with zero attached hydrogens (tertiary/aromatic N) is 2. The van der Waals surface area contributed by atoms with E-state index in [9.17, 15) is 4.79 Å². The Morgan fingerprint density at radius 1 is 1.14 bits per heavy atom. The van der Waals surface area contributed by atoms with Gasteiger partial charge in [0.05, 0.1) is 36.7 Å². The highest BCUT2D eigenvalue weighted by Crippen LogP contribution is 2.39. The van der Waals surface area contributed by atoms with Crippen molar-refractivity contribution in [1.82, 2.24) is 20.2 Å². The number of carbonyl (C=O) groups is 1. The fraction of sp³-hybridized carbons (Fsp3) is 0.407. The minimum absolute atomic E-state index is 0.0388. The second-order valence-corrected chi connectivity index (χ2v) is 9.64. The van der Waals surface area contributed by atoms with Crippen LogP contribution < -0.4 is 20.1 Å². The van der Waals surface area contributed by atoms with Crippen LogP contribution in [-0.2, 0) is 4.79 Å².